The molecule has 0 saturated carbocycles. The number of amides is 2. The highest BCUT2D eigenvalue weighted by molar-refractivity contribution is 6.02. The number of nitrogens with one attached hydrogen (secondary N) is 2. The second-order valence-corrected chi connectivity index (χ2v) is 8.92. The molecule has 2 amide bonds. The van der Waals surface area contributed by atoms with Crippen molar-refractivity contribution in [2.24, 2.45) is 0 Å². The number of carbonyl (C=O) groups excluding carboxylic acids is 2. The first kappa shape index (κ1) is 26.9. The normalized spacial score (nSPS) is 14.4. The van der Waals surface area contributed by atoms with Gasteiger partial charge >= 0.3 is 6.18 Å². The zero-order chi connectivity index (χ0) is 27.4. The van der Waals surface area contributed by atoms with Crippen LogP contribution in [0.25, 0.3) is 22.5 Å². The van der Waals surface area contributed by atoms with Crippen molar-refractivity contribution in [2.75, 3.05) is 39.3 Å². The van der Waals surface area contributed by atoms with Crippen molar-refractivity contribution in [3.63, 3.8) is 0 Å². The Labute approximate surface area is 216 Å². The van der Waals surface area contributed by atoms with Crippen LogP contribution in [0.3, 0.4) is 0 Å². The molecule has 1 aliphatic rings. The number of halogens is 3. The van der Waals surface area contributed by atoms with E-state index in [4.69, 9.17) is 0 Å². The van der Waals surface area contributed by atoms with Crippen molar-refractivity contribution >= 4 is 17.5 Å². The van der Waals surface area contributed by atoms with Gasteiger partial charge in [-0.25, -0.2) is 0 Å². The molecule has 200 valence electrons. The first-order valence-corrected chi connectivity index (χ1v) is 11.9. The molecule has 0 unspecified atom stereocenters. The summed E-state index contributed by atoms with van der Waals surface area (Å²) >= 11 is 0. The number of carbonyl (C=O) groups is 2. The fourth-order valence-corrected chi connectivity index (χ4v) is 4.39. The van der Waals surface area contributed by atoms with Crippen molar-refractivity contribution in [3.8, 4) is 22.5 Å². The highest BCUT2D eigenvalue weighted by atomic mass is 19.4. The van der Waals surface area contributed by atoms with Gasteiger partial charge in [0, 0.05) is 58.0 Å². The smallest absolute Gasteiger partial charge is 0.354 e. The molecule has 2 N–H and O–H groups in total. The Morgan fingerprint density at radius 2 is 1.71 bits per heavy atom. The number of benzene rings is 2. The first-order valence-electron chi connectivity index (χ1n) is 11.9. The van der Waals surface area contributed by atoms with E-state index in [2.05, 4.69) is 15.2 Å². The Morgan fingerprint density at radius 3 is 2.32 bits per heavy atom. The standard InChI is InChI=1S/C26H26F3N5O4/c1-17(35)33-14-12-32(13-15-33)11-10-30-25(36)21-16-22(18-6-8-19(9-7-18)26(27,28)29)31-24(21)20-4-2-3-5-23(20)34(37)38/h2-9,16,31H,10-15H2,1H3,(H,30,36). The Bertz CT molecular complexity index is 1330. The summed E-state index contributed by atoms with van der Waals surface area (Å²) < 4.78 is 39.0. The number of nitro groups is 1. The predicted molar refractivity (Wildman–Crippen MR) is 134 cm³/mol. The van der Waals surface area contributed by atoms with E-state index in [1.807, 2.05) is 0 Å². The minimum Gasteiger partial charge on any atom is -0.354 e. The topological polar surface area (TPSA) is 112 Å². The van der Waals surface area contributed by atoms with Gasteiger partial charge in [0.1, 0.15) is 0 Å². The van der Waals surface area contributed by atoms with Crippen LogP contribution in [0, 0.1) is 10.1 Å². The van der Waals surface area contributed by atoms with E-state index in [0.717, 1.165) is 12.1 Å². The number of hydrogen-bond acceptors (Lipinski definition) is 5. The zero-order valence-corrected chi connectivity index (χ0v) is 20.5. The summed E-state index contributed by atoms with van der Waals surface area (Å²) in [5.74, 6) is -0.452. The minimum absolute atomic E-state index is 0.0248. The second-order valence-electron chi connectivity index (χ2n) is 8.92. The first-order chi connectivity index (χ1) is 18.0. The van der Waals surface area contributed by atoms with Gasteiger partial charge in [0.25, 0.3) is 11.6 Å². The summed E-state index contributed by atoms with van der Waals surface area (Å²) in [6, 6.07) is 11.8. The number of nitro benzene ring substituents is 1. The fourth-order valence-electron chi connectivity index (χ4n) is 4.39. The third-order valence-corrected chi connectivity index (χ3v) is 6.49. The van der Waals surface area contributed by atoms with Crippen LogP contribution in [0.5, 0.6) is 0 Å². The van der Waals surface area contributed by atoms with E-state index in [9.17, 15) is 32.9 Å². The maximum Gasteiger partial charge on any atom is 0.416 e. The molecule has 2 heterocycles. The van der Waals surface area contributed by atoms with Gasteiger partial charge in [-0.2, -0.15) is 13.2 Å². The molecule has 1 saturated heterocycles. The summed E-state index contributed by atoms with van der Waals surface area (Å²) in [4.78, 5) is 42.7. The van der Waals surface area contributed by atoms with Crippen LogP contribution in [0.2, 0.25) is 0 Å². The minimum atomic E-state index is -4.49. The summed E-state index contributed by atoms with van der Waals surface area (Å²) in [6.45, 7) is 4.96. The summed E-state index contributed by atoms with van der Waals surface area (Å²) in [7, 11) is 0. The highest BCUT2D eigenvalue weighted by Crippen LogP contribution is 2.36. The van der Waals surface area contributed by atoms with Gasteiger partial charge in [-0.1, -0.05) is 24.3 Å². The molecule has 1 aliphatic heterocycles. The molecular formula is C26H26F3N5O4. The van der Waals surface area contributed by atoms with Gasteiger partial charge < -0.3 is 15.2 Å². The van der Waals surface area contributed by atoms with E-state index in [-0.39, 0.29) is 28.4 Å². The maximum absolute atomic E-state index is 13.2. The van der Waals surface area contributed by atoms with Gasteiger partial charge in [0.15, 0.2) is 0 Å². The SMILES string of the molecule is CC(=O)N1CCN(CCNC(=O)c2cc(-c3ccc(C(F)(F)F)cc3)[nH]c2-c2ccccc2[N+](=O)[O-])CC1. The lowest BCUT2D eigenvalue weighted by atomic mass is 10.0. The molecule has 4 rings (SSSR count). The monoisotopic (exact) mass is 529 g/mol. The number of hydrogen-bond donors (Lipinski definition) is 2. The third kappa shape index (κ3) is 6.02. The molecule has 0 bridgehead atoms. The second kappa shape index (κ2) is 11.1. The number of nitrogens with zero attached hydrogens (tertiary/aromatic N) is 3. The van der Waals surface area contributed by atoms with E-state index < -0.39 is 22.6 Å². The number of aromatic nitrogens is 1. The van der Waals surface area contributed by atoms with E-state index in [1.54, 1.807) is 11.0 Å². The molecule has 3 aromatic rings. The lowest BCUT2D eigenvalue weighted by Gasteiger charge is -2.34. The molecule has 0 aliphatic carbocycles. The van der Waals surface area contributed by atoms with Crippen molar-refractivity contribution in [1.29, 1.82) is 0 Å². The van der Waals surface area contributed by atoms with E-state index in [1.165, 1.54) is 43.3 Å². The molecule has 0 radical (unpaired) electrons. The largest absolute Gasteiger partial charge is 0.416 e. The number of para-hydroxylation sites is 1. The summed E-state index contributed by atoms with van der Waals surface area (Å²) in [5, 5.41) is 14.5. The van der Waals surface area contributed by atoms with Crippen molar-refractivity contribution in [2.45, 2.75) is 13.1 Å². The number of aromatic amines is 1. The van der Waals surface area contributed by atoms with Crippen molar-refractivity contribution in [1.82, 2.24) is 20.1 Å². The van der Waals surface area contributed by atoms with Crippen molar-refractivity contribution < 1.29 is 27.7 Å². The predicted octanol–water partition coefficient (Wildman–Crippen LogP) is 4.17. The summed E-state index contributed by atoms with van der Waals surface area (Å²) in [5.41, 5.74) is 0.216. The van der Waals surface area contributed by atoms with E-state index in [0.29, 0.717) is 50.5 Å². The molecule has 38 heavy (non-hydrogen) atoms. The Hall–Kier alpha value is -4.19. The zero-order valence-electron chi connectivity index (χ0n) is 20.5. The van der Waals surface area contributed by atoms with Crippen LogP contribution in [-0.4, -0.2) is 70.8 Å². The number of H-pyrrole nitrogens is 1. The van der Waals surface area contributed by atoms with Gasteiger partial charge in [-0.15, -0.1) is 0 Å². The molecule has 1 fully saturated rings. The Kier molecular flexibility index (Phi) is 7.81. The number of alkyl halides is 3. The van der Waals surface area contributed by atoms with Crippen LogP contribution in [0.4, 0.5) is 18.9 Å². The van der Waals surface area contributed by atoms with Gasteiger partial charge in [0.2, 0.25) is 5.91 Å². The quantitative estimate of drug-likeness (QED) is 0.353. The van der Waals surface area contributed by atoms with Crippen LogP contribution in [0.1, 0.15) is 22.8 Å². The Morgan fingerprint density at radius 1 is 1.05 bits per heavy atom. The third-order valence-electron chi connectivity index (χ3n) is 6.49. The molecular weight excluding hydrogens is 503 g/mol. The van der Waals surface area contributed by atoms with Crippen LogP contribution in [0.15, 0.2) is 54.6 Å². The molecule has 0 spiro atoms. The average Bonchev–Trinajstić information content (AvgIpc) is 3.34. The molecule has 1 aromatic heterocycles. The number of piperazine rings is 1. The van der Waals surface area contributed by atoms with Gasteiger partial charge in [0.05, 0.1) is 27.3 Å². The highest BCUT2D eigenvalue weighted by Gasteiger charge is 2.30. The number of rotatable bonds is 7. The van der Waals surface area contributed by atoms with Crippen LogP contribution in [-0.2, 0) is 11.0 Å². The summed E-state index contributed by atoms with van der Waals surface area (Å²) in [6.07, 6.45) is -4.49. The van der Waals surface area contributed by atoms with Gasteiger partial charge in [-0.05, 0) is 29.8 Å². The molecule has 9 nitrogen and oxygen atoms in total. The van der Waals surface area contributed by atoms with Crippen molar-refractivity contribution in [3.05, 3.63) is 75.8 Å². The molecule has 12 heteroatoms. The molecule has 2 aromatic carbocycles. The average molecular weight is 530 g/mol. The lowest BCUT2D eigenvalue weighted by Crippen LogP contribution is -2.49. The fraction of sp³-hybridized carbons (Fsp3) is 0.308. The van der Waals surface area contributed by atoms with Gasteiger partial charge in [-0.3, -0.25) is 24.6 Å². The molecule has 0 atom stereocenters. The van der Waals surface area contributed by atoms with Crippen LogP contribution < -0.4 is 5.32 Å². The van der Waals surface area contributed by atoms with Crippen LogP contribution >= 0.6 is 0 Å². The van der Waals surface area contributed by atoms with E-state index >= 15 is 0 Å². The lowest BCUT2D eigenvalue weighted by molar-refractivity contribution is -0.384. The Balaban J connectivity index is 1.57. The maximum atomic E-state index is 13.2.